The van der Waals surface area contributed by atoms with Crippen LogP contribution in [0, 0.1) is 0 Å². The average molecular weight is 253 g/mol. The first-order chi connectivity index (χ1) is 8.81. The minimum absolute atomic E-state index is 1.06. The molecule has 0 amide bonds. The molecule has 0 bridgehead atoms. The molecule has 1 nitrogen and oxygen atoms in total. The van der Waals surface area contributed by atoms with E-state index in [1.54, 1.807) is 0 Å². The average Bonchev–Trinajstić information content (AvgIpc) is 2.39. The Bertz CT molecular complexity index is 184. The third-order valence-electron chi connectivity index (χ3n) is 3.69. The highest BCUT2D eigenvalue weighted by Gasteiger charge is 1.94. The molecule has 0 saturated carbocycles. The molecule has 0 aromatic heterocycles. The zero-order chi connectivity index (χ0) is 13.5. The Kier molecular flexibility index (Phi) is 14.2. The summed E-state index contributed by atoms with van der Waals surface area (Å²) in [5, 5.41) is 0. The van der Waals surface area contributed by atoms with Crippen molar-refractivity contribution in [2.75, 3.05) is 0 Å². The van der Waals surface area contributed by atoms with Crippen molar-refractivity contribution in [3.63, 3.8) is 0 Å². The van der Waals surface area contributed by atoms with Crippen LogP contribution in [-0.4, -0.2) is 0 Å². The van der Waals surface area contributed by atoms with Crippen molar-refractivity contribution in [1.29, 1.82) is 0 Å². The van der Waals surface area contributed by atoms with Gasteiger partial charge >= 0.3 is 0 Å². The highest BCUT2D eigenvalue weighted by atomic mass is 14.6. The highest BCUT2D eigenvalue weighted by molar-refractivity contribution is 4.92. The summed E-state index contributed by atoms with van der Waals surface area (Å²) in [6, 6.07) is 0. The molecule has 0 saturated heterocycles. The summed E-state index contributed by atoms with van der Waals surface area (Å²) in [4.78, 5) is 0. The quantitative estimate of drug-likeness (QED) is 0.404. The van der Waals surface area contributed by atoms with Gasteiger partial charge in [-0.25, -0.2) is 0 Å². The molecule has 0 aromatic carbocycles. The van der Waals surface area contributed by atoms with Crippen LogP contribution in [0.2, 0.25) is 0 Å². The van der Waals surface area contributed by atoms with Gasteiger partial charge in [-0.3, -0.25) is 0 Å². The monoisotopic (exact) mass is 253 g/mol. The molecular weight excluding hydrogens is 218 g/mol. The van der Waals surface area contributed by atoms with E-state index in [4.69, 9.17) is 5.73 Å². The predicted molar refractivity (Wildman–Crippen MR) is 83.6 cm³/mol. The van der Waals surface area contributed by atoms with E-state index < -0.39 is 0 Å². The summed E-state index contributed by atoms with van der Waals surface area (Å²) in [5.41, 5.74) is 6.82. The van der Waals surface area contributed by atoms with Gasteiger partial charge in [-0.2, -0.15) is 0 Å². The molecule has 0 fully saturated rings. The van der Waals surface area contributed by atoms with E-state index in [2.05, 4.69) is 6.92 Å². The van der Waals surface area contributed by atoms with Gasteiger partial charge in [0.25, 0.3) is 0 Å². The lowest BCUT2D eigenvalue weighted by Crippen LogP contribution is -1.95. The lowest BCUT2D eigenvalue weighted by Gasteiger charge is -2.03. The minimum atomic E-state index is 1.06. The first kappa shape index (κ1) is 17.5. The topological polar surface area (TPSA) is 26.0 Å². The fraction of sp³-hybridized carbons (Fsp3) is 0.882. The van der Waals surface area contributed by atoms with E-state index >= 15 is 0 Å². The number of allylic oxidation sites excluding steroid dienone is 2. The summed E-state index contributed by atoms with van der Waals surface area (Å²) in [5.74, 6) is 0. The number of unbranched alkanes of at least 4 members (excludes halogenated alkanes) is 11. The summed E-state index contributed by atoms with van der Waals surface area (Å²) >= 11 is 0. The van der Waals surface area contributed by atoms with Gasteiger partial charge in [-0.05, 0) is 19.8 Å². The molecule has 0 rings (SSSR count). The molecule has 0 radical (unpaired) electrons. The number of hydrogen-bond donors (Lipinski definition) is 1. The highest BCUT2D eigenvalue weighted by Crippen LogP contribution is 2.13. The summed E-state index contributed by atoms with van der Waals surface area (Å²) in [6.07, 6.45) is 20.0. The second-order valence-electron chi connectivity index (χ2n) is 5.50. The molecule has 18 heavy (non-hydrogen) atoms. The van der Waals surface area contributed by atoms with Crippen LogP contribution in [-0.2, 0) is 0 Å². The van der Waals surface area contributed by atoms with Gasteiger partial charge < -0.3 is 5.73 Å². The van der Waals surface area contributed by atoms with Gasteiger partial charge in [0.05, 0.1) is 0 Å². The van der Waals surface area contributed by atoms with Crippen molar-refractivity contribution in [3.05, 3.63) is 11.8 Å². The molecule has 2 N–H and O–H groups in total. The maximum atomic E-state index is 5.76. The van der Waals surface area contributed by atoms with Crippen molar-refractivity contribution in [2.24, 2.45) is 5.73 Å². The molecule has 1 heteroatoms. The van der Waals surface area contributed by atoms with Crippen LogP contribution in [0.3, 0.4) is 0 Å². The first-order valence-corrected chi connectivity index (χ1v) is 8.22. The van der Waals surface area contributed by atoms with Crippen molar-refractivity contribution < 1.29 is 0 Å². The standard InChI is InChI=1S/C17H35N/c1-3-5-6-7-8-9-10-11-12-13-14-15-16-17(18)4-2/h4H,3,5-16,18H2,1-2H3/b17-4-. The van der Waals surface area contributed by atoms with E-state index in [-0.39, 0.29) is 0 Å². The van der Waals surface area contributed by atoms with Crippen molar-refractivity contribution >= 4 is 0 Å². The van der Waals surface area contributed by atoms with Crippen LogP contribution in [0.15, 0.2) is 11.8 Å². The number of nitrogens with two attached hydrogens (primary N) is 1. The lowest BCUT2D eigenvalue weighted by molar-refractivity contribution is 0.543. The van der Waals surface area contributed by atoms with Crippen LogP contribution >= 0.6 is 0 Å². The Hall–Kier alpha value is -0.460. The molecular formula is C17H35N. The van der Waals surface area contributed by atoms with Crippen molar-refractivity contribution in [3.8, 4) is 0 Å². The largest absolute Gasteiger partial charge is 0.402 e. The minimum Gasteiger partial charge on any atom is -0.402 e. The molecule has 0 aliphatic carbocycles. The third kappa shape index (κ3) is 13.6. The lowest BCUT2D eigenvalue weighted by atomic mass is 10.0. The Morgan fingerprint density at radius 3 is 1.50 bits per heavy atom. The Balaban J connectivity index is 2.99. The third-order valence-corrected chi connectivity index (χ3v) is 3.69. The van der Waals surface area contributed by atoms with Gasteiger partial charge in [0, 0.05) is 5.70 Å². The maximum Gasteiger partial charge on any atom is 0.00371 e. The second-order valence-corrected chi connectivity index (χ2v) is 5.50. The molecule has 0 spiro atoms. The van der Waals surface area contributed by atoms with E-state index in [1.807, 2.05) is 13.0 Å². The van der Waals surface area contributed by atoms with E-state index in [0.29, 0.717) is 0 Å². The molecule has 108 valence electrons. The predicted octanol–water partition coefficient (Wildman–Crippen LogP) is 5.94. The van der Waals surface area contributed by atoms with Crippen LogP contribution < -0.4 is 5.73 Å². The van der Waals surface area contributed by atoms with Crippen LogP contribution in [0.5, 0.6) is 0 Å². The Morgan fingerprint density at radius 1 is 0.722 bits per heavy atom. The number of rotatable bonds is 13. The number of hydrogen-bond acceptors (Lipinski definition) is 1. The van der Waals surface area contributed by atoms with Crippen LogP contribution in [0.4, 0.5) is 0 Å². The molecule has 0 aromatic rings. The second kappa shape index (κ2) is 14.6. The van der Waals surface area contributed by atoms with Gasteiger partial charge in [-0.1, -0.05) is 83.6 Å². The molecule has 0 aliphatic rings. The fourth-order valence-electron chi connectivity index (χ4n) is 2.31. The fourth-order valence-corrected chi connectivity index (χ4v) is 2.31. The summed E-state index contributed by atoms with van der Waals surface area (Å²) in [7, 11) is 0. The first-order valence-electron chi connectivity index (χ1n) is 8.22. The van der Waals surface area contributed by atoms with Crippen molar-refractivity contribution in [1.82, 2.24) is 0 Å². The van der Waals surface area contributed by atoms with Crippen molar-refractivity contribution in [2.45, 2.75) is 97.3 Å². The SMILES string of the molecule is C/C=C(\N)CCCCCCCCCCCCCC. The zero-order valence-corrected chi connectivity index (χ0v) is 12.8. The van der Waals surface area contributed by atoms with Gasteiger partial charge in [0.2, 0.25) is 0 Å². The van der Waals surface area contributed by atoms with Gasteiger partial charge in [0.1, 0.15) is 0 Å². The summed E-state index contributed by atoms with van der Waals surface area (Å²) < 4.78 is 0. The molecule has 0 atom stereocenters. The zero-order valence-electron chi connectivity index (χ0n) is 12.8. The normalized spacial score (nSPS) is 12.0. The molecule has 0 heterocycles. The summed E-state index contributed by atoms with van der Waals surface area (Å²) in [6.45, 7) is 4.31. The van der Waals surface area contributed by atoms with Gasteiger partial charge in [-0.15, -0.1) is 0 Å². The molecule has 0 unspecified atom stereocenters. The van der Waals surface area contributed by atoms with E-state index in [9.17, 15) is 0 Å². The Labute approximate surface area is 115 Å². The Morgan fingerprint density at radius 2 is 1.11 bits per heavy atom. The molecule has 0 aliphatic heterocycles. The van der Waals surface area contributed by atoms with Crippen LogP contribution in [0.25, 0.3) is 0 Å². The van der Waals surface area contributed by atoms with E-state index in [0.717, 1.165) is 12.1 Å². The van der Waals surface area contributed by atoms with E-state index in [1.165, 1.54) is 77.0 Å². The maximum absolute atomic E-state index is 5.76. The van der Waals surface area contributed by atoms with Crippen LogP contribution in [0.1, 0.15) is 97.3 Å². The van der Waals surface area contributed by atoms with Gasteiger partial charge in [0.15, 0.2) is 0 Å². The smallest absolute Gasteiger partial charge is 0.00371 e.